The molecular weight excluding hydrogens is 442 g/mol. The van der Waals surface area contributed by atoms with Crippen molar-refractivity contribution in [2.24, 2.45) is 0 Å². The van der Waals surface area contributed by atoms with Gasteiger partial charge in [-0.15, -0.1) is 59.7 Å². The molecule has 0 heterocycles. The number of hydrogen-bond donors (Lipinski definition) is 2. The average Bonchev–Trinajstić information content (AvgIpc) is 1.97. The van der Waals surface area contributed by atoms with Crippen LogP contribution in [0.5, 0.6) is 0 Å². The zero-order valence-electron chi connectivity index (χ0n) is 9.25. The molecule has 15 heavy (non-hydrogen) atoms. The molecule has 0 aliphatic rings. The standard InChI is InChI=1S/C8H16N2O2S.2HI/c1-8(2,3)12-7(11)10-5-6(9)13-4;;/h9H,5H2,1-4H3,(H,10,11);2*1H. The molecule has 92 valence electrons. The number of amides is 1. The van der Waals surface area contributed by atoms with E-state index in [1.165, 1.54) is 11.8 Å². The number of halogens is 2. The van der Waals surface area contributed by atoms with Crippen molar-refractivity contribution in [2.45, 2.75) is 26.4 Å². The van der Waals surface area contributed by atoms with Gasteiger partial charge in [-0.3, -0.25) is 5.41 Å². The van der Waals surface area contributed by atoms with Gasteiger partial charge in [0.25, 0.3) is 0 Å². The van der Waals surface area contributed by atoms with Crippen LogP contribution in [-0.4, -0.2) is 29.5 Å². The molecule has 2 N–H and O–H groups in total. The highest BCUT2D eigenvalue weighted by Gasteiger charge is 2.15. The summed E-state index contributed by atoms with van der Waals surface area (Å²) in [5.41, 5.74) is -0.481. The third kappa shape index (κ3) is 14.8. The number of carbonyl (C=O) groups is 1. The number of carbonyl (C=O) groups excluding carboxylic acids is 1. The highest BCUT2D eigenvalue weighted by Crippen LogP contribution is 2.06. The van der Waals surface area contributed by atoms with Gasteiger partial charge in [0, 0.05) is 0 Å². The number of nitrogens with one attached hydrogen (secondary N) is 2. The quantitative estimate of drug-likeness (QED) is 0.379. The summed E-state index contributed by atoms with van der Waals surface area (Å²) in [5, 5.41) is 10.1. The van der Waals surface area contributed by atoms with Gasteiger partial charge in [-0.05, 0) is 27.0 Å². The molecule has 0 radical (unpaired) electrons. The van der Waals surface area contributed by atoms with Crippen molar-refractivity contribution >= 4 is 70.9 Å². The van der Waals surface area contributed by atoms with Crippen molar-refractivity contribution in [1.29, 1.82) is 5.41 Å². The van der Waals surface area contributed by atoms with Crippen molar-refractivity contribution in [3.05, 3.63) is 0 Å². The van der Waals surface area contributed by atoms with E-state index in [2.05, 4.69) is 5.32 Å². The van der Waals surface area contributed by atoms with Crippen LogP contribution in [0.3, 0.4) is 0 Å². The molecule has 0 aromatic rings. The molecule has 0 aliphatic heterocycles. The molecule has 0 unspecified atom stereocenters. The molecule has 0 rings (SSSR count). The molecule has 0 atom stereocenters. The van der Waals surface area contributed by atoms with E-state index in [1.54, 1.807) is 27.0 Å². The van der Waals surface area contributed by atoms with Crippen molar-refractivity contribution in [1.82, 2.24) is 5.32 Å². The van der Waals surface area contributed by atoms with Crippen LogP contribution in [0, 0.1) is 5.41 Å². The number of thioether (sulfide) groups is 1. The van der Waals surface area contributed by atoms with Gasteiger partial charge in [0.2, 0.25) is 0 Å². The van der Waals surface area contributed by atoms with Gasteiger partial charge < -0.3 is 10.1 Å². The fraction of sp³-hybridized carbons (Fsp3) is 0.750. The van der Waals surface area contributed by atoms with E-state index in [0.717, 1.165) is 0 Å². The Bertz CT molecular complexity index is 207. The first-order valence-electron chi connectivity index (χ1n) is 3.93. The Balaban J connectivity index is -0.000000720. The molecule has 0 bridgehead atoms. The first-order chi connectivity index (χ1) is 5.85. The second kappa shape index (κ2) is 9.94. The summed E-state index contributed by atoms with van der Waals surface area (Å²) in [7, 11) is 0. The molecule has 0 aliphatic carbocycles. The lowest BCUT2D eigenvalue weighted by Gasteiger charge is -2.19. The third-order valence-corrected chi connectivity index (χ3v) is 1.68. The maximum absolute atomic E-state index is 11.0. The summed E-state index contributed by atoms with van der Waals surface area (Å²) in [5.74, 6) is 0. The van der Waals surface area contributed by atoms with E-state index in [1.807, 2.05) is 0 Å². The number of hydrogen-bond acceptors (Lipinski definition) is 4. The molecule has 0 saturated heterocycles. The Morgan fingerprint density at radius 2 is 1.87 bits per heavy atom. The summed E-state index contributed by atoms with van der Waals surface area (Å²) >= 11 is 1.30. The maximum Gasteiger partial charge on any atom is 0.407 e. The van der Waals surface area contributed by atoms with E-state index < -0.39 is 11.7 Å². The SMILES string of the molecule is CSC(=N)CNC(=O)OC(C)(C)C.I.I. The largest absolute Gasteiger partial charge is 0.444 e. The fourth-order valence-electron chi connectivity index (χ4n) is 0.539. The third-order valence-electron chi connectivity index (χ3n) is 1.04. The normalized spacial score (nSPS) is 9.33. The van der Waals surface area contributed by atoms with Gasteiger partial charge in [-0.25, -0.2) is 4.79 Å². The lowest BCUT2D eigenvalue weighted by Crippen LogP contribution is -2.34. The monoisotopic (exact) mass is 460 g/mol. The van der Waals surface area contributed by atoms with Gasteiger partial charge in [0.1, 0.15) is 5.60 Å². The van der Waals surface area contributed by atoms with Crippen LogP contribution in [0.1, 0.15) is 20.8 Å². The van der Waals surface area contributed by atoms with E-state index in [-0.39, 0.29) is 54.5 Å². The molecule has 0 saturated carbocycles. The maximum atomic E-state index is 11.0. The second-order valence-electron chi connectivity index (χ2n) is 3.48. The van der Waals surface area contributed by atoms with Crippen molar-refractivity contribution in [3.8, 4) is 0 Å². The van der Waals surface area contributed by atoms with Crippen molar-refractivity contribution in [2.75, 3.05) is 12.8 Å². The minimum atomic E-state index is -0.481. The van der Waals surface area contributed by atoms with Gasteiger partial charge in [-0.2, -0.15) is 0 Å². The summed E-state index contributed by atoms with van der Waals surface area (Å²) in [6, 6.07) is 0. The Kier molecular flexibility index (Phi) is 14.0. The van der Waals surface area contributed by atoms with Crippen LogP contribution in [0.25, 0.3) is 0 Å². The Labute approximate surface area is 129 Å². The second-order valence-corrected chi connectivity index (χ2v) is 4.38. The van der Waals surface area contributed by atoms with Crippen molar-refractivity contribution in [3.63, 3.8) is 0 Å². The molecule has 0 fully saturated rings. The highest BCUT2D eigenvalue weighted by molar-refractivity contribution is 14.0. The van der Waals surface area contributed by atoms with Crippen LogP contribution >= 0.6 is 59.7 Å². The summed E-state index contributed by atoms with van der Waals surface area (Å²) in [6.45, 7) is 5.63. The number of ether oxygens (including phenoxy) is 1. The van der Waals surface area contributed by atoms with Gasteiger partial charge in [0.05, 0.1) is 11.6 Å². The zero-order valence-corrected chi connectivity index (χ0v) is 14.7. The first-order valence-corrected chi connectivity index (χ1v) is 5.16. The van der Waals surface area contributed by atoms with Crippen LogP contribution in [-0.2, 0) is 4.74 Å². The van der Waals surface area contributed by atoms with Gasteiger partial charge in [-0.1, -0.05) is 0 Å². The molecule has 0 aromatic heterocycles. The topological polar surface area (TPSA) is 62.2 Å². The minimum Gasteiger partial charge on any atom is -0.444 e. The summed E-state index contributed by atoms with van der Waals surface area (Å²) in [4.78, 5) is 11.0. The average molecular weight is 460 g/mol. The summed E-state index contributed by atoms with van der Waals surface area (Å²) < 4.78 is 4.98. The highest BCUT2D eigenvalue weighted by atomic mass is 127. The Morgan fingerprint density at radius 1 is 1.40 bits per heavy atom. The summed E-state index contributed by atoms with van der Waals surface area (Å²) in [6.07, 6.45) is 1.31. The van der Waals surface area contributed by atoms with Gasteiger partial charge >= 0.3 is 6.09 Å². The van der Waals surface area contributed by atoms with E-state index in [4.69, 9.17) is 10.1 Å². The minimum absolute atomic E-state index is 0. The van der Waals surface area contributed by atoms with E-state index in [0.29, 0.717) is 5.04 Å². The predicted octanol–water partition coefficient (Wildman–Crippen LogP) is 3.09. The van der Waals surface area contributed by atoms with Crippen LogP contribution in [0.2, 0.25) is 0 Å². The van der Waals surface area contributed by atoms with E-state index >= 15 is 0 Å². The Hall–Kier alpha value is 0.750. The lowest BCUT2D eigenvalue weighted by atomic mass is 10.2. The van der Waals surface area contributed by atoms with Crippen LogP contribution in [0.4, 0.5) is 4.79 Å². The molecule has 0 spiro atoms. The van der Waals surface area contributed by atoms with Crippen LogP contribution < -0.4 is 5.32 Å². The van der Waals surface area contributed by atoms with E-state index in [9.17, 15) is 4.79 Å². The lowest BCUT2D eigenvalue weighted by molar-refractivity contribution is 0.0536. The number of alkyl carbamates (subject to hydrolysis) is 1. The molecule has 0 aromatic carbocycles. The Morgan fingerprint density at radius 3 is 2.20 bits per heavy atom. The zero-order chi connectivity index (χ0) is 10.5. The predicted molar refractivity (Wildman–Crippen MR) is 86.3 cm³/mol. The van der Waals surface area contributed by atoms with Crippen LogP contribution in [0.15, 0.2) is 0 Å². The molecular formula is C8H18I2N2O2S. The smallest absolute Gasteiger partial charge is 0.407 e. The first kappa shape index (κ1) is 21.1. The fourth-order valence-corrected chi connectivity index (χ4v) is 0.755. The van der Waals surface area contributed by atoms with Crippen molar-refractivity contribution < 1.29 is 9.53 Å². The molecule has 7 heteroatoms. The molecule has 1 amide bonds. The molecule has 4 nitrogen and oxygen atoms in total. The van der Waals surface area contributed by atoms with Gasteiger partial charge in [0.15, 0.2) is 0 Å². The number of rotatable bonds is 2.